The normalized spacial score (nSPS) is 16.5. The summed E-state index contributed by atoms with van der Waals surface area (Å²) in [6.45, 7) is 14.1. The van der Waals surface area contributed by atoms with Crippen LogP contribution in [-0.4, -0.2) is 55.2 Å². The number of halogens is 2. The maximum atomic E-state index is 13.0. The van der Waals surface area contributed by atoms with Crippen molar-refractivity contribution in [1.29, 1.82) is 0 Å². The van der Waals surface area contributed by atoms with Gasteiger partial charge in [0, 0.05) is 44.3 Å². The Bertz CT molecular complexity index is 577. The molecule has 1 heterocycles. The first kappa shape index (κ1) is 25.1. The first-order chi connectivity index (χ1) is 12.9. The first-order valence-electron chi connectivity index (χ1n) is 10.1. The molecule has 28 heavy (non-hydrogen) atoms. The van der Waals surface area contributed by atoms with Gasteiger partial charge in [0.1, 0.15) is 5.82 Å². The molecule has 0 aliphatic carbocycles. The number of hydrogen-bond donors (Lipinski definition) is 3. The van der Waals surface area contributed by atoms with Gasteiger partial charge in [-0.2, -0.15) is 0 Å². The fourth-order valence-corrected chi connectivity index (χ4v) is 3.20. The highest BCUT2D eigenvalue weighted by Gasteiger charge is 2.20. The molecule has 1 aliphatic rings. The van der Waals surface area contributed by atoms with E-state index in [9.17, 15) is 4.39 Å². The Balaban J connectivity index is 0.00000392. The number of hydrogen-bond acceptors (Lipinski definition) is 3. The minimum atomic E-state index is -0.172. The van der Waals surface area contributed by atoms with E-state index in [2.05, 4.69) is 53.5 Å². The van der Waals surface area contributed by atoms with Crippen molar-refractivity contribution in [3.8, 4) is 0 Å². The fourth-order valence-electron chi connectivity index (χ4n) is 3.20. The Morgan fingerprint density at radius 3 is 2.39 bits per heavy atom. The minimum Gasteiger partial charge on any atom is -0.357 e. The van der Waals surface area contributed by atoms with Gasteiger partial charge < -0.3 is 16.0 Å². The largest absolute Gasteiger partial charge is 0.357 e. The average molecular weight is 505 g/mol. The van der Waals surface area contributed by atoms with Gasteiger partial charge in [-0.25, -0.2) is 4.39 Å². The molecule has 0 unspecified atom stereocenters. The van der Waals surface area contributed by atoms with Gasteiger partial charge in [-0.15, -0.1) is 24.0 Å². The predicted octanol–water partition coefficient (Wildman–Crippen LogP) is 3.35. The van der Waals surface area contributed by atoms with Gasteiger partial charge in [-0.3, -0.25) is 9.89 Å². The predicted molar refractivity (Wildman–Crippen MR) is 127 cm³/mol. The Kier molecular flexibility index (Phi) is 11.3. The molecule has 0 aromatic heterocycles. The molecule has 0 atom stereocenters. The summed E-state index contributed by atoms with van der Waals surface area (Å²) in [5.74, 6) is 0.736. The Labute approximate surface area is 187 Å². The third-order valence-electron chi connectivity index (χ3n) is 4.63. The van der Waals surface area contributed by atoms with Crippen molar-refractivity contribution in [2.45, 2.75) is 58.7 Å². The van der Waals surface area contributed by atoms with Crippen molar-refractivity contribution in [3.63, 3.8) is 0 Å². The molecule has 2 rings (SSSR count). The Morgan fingerprint density at radius 1 is 1.18 bits per heavy atom. The van der Waals surface area contributed by atoms with Crippen LogP contribution in [0.3, 0.4) is 0 Å². The van der Waals surface area contributed by atoms with Gasteiger partial charge in [-0.05, 0) is 58.2 Å². The van der Waals surface area contributed by atoms with E-state index in [1.54, 1.807) is 0 Å². The van der Waals surface area contributed by atoms with Gasteiger partial charge >= 0.3 is 0 Å². The second-order valence-corrected chi connectivity index (χ2v) is 8.26. The lowest BCUT2D eigenvalue weighted by molar-refractivity contribution is 0.198. The van der Waals surface area contributed by atoms with Crippen LogP contribution in [0.15, 0.2) is 29.3 Å². The third kappa shape index (κ3) is 10.0. The van der Waals surface area contributed by atoms with Crippen molar-refractivity contribution < 1.29 is 4.39 Å². The summed E-state index contributed by atoms with van der Waals surface area (Å²) >= 11 is 0. The molecule has 0 amide bonds. The highest BCUT2D eigenvalue weighted by Crippen LogP contribution is 2.14. The van der Waals surface area contributed by atoms with Crippen molar-refractivity contribution in [2.24, 2.45) is 4.99 Å². The van der Waals surface area contributed by atoms with Crippen molar-refractivity contribution in [1.82, 2.24) is 20.9 Å². The molecule has 3 N–H and O–H groups in total. The van der Waals surface area contributed by atoms with Crippen LogP contribution >= 0.6 is 24.0 Å². The maximum absolute atomic E-state index is 13.0. The van der Waals surface area contributed by atoms with E-state index in [4.69, 9.17) is 0 Å². The van der Waals surface area contributed by atoms with Gasteiger partial charge in [0.2, 0.25) is 0 Å². The van der Waals surface area contributed by atoms with E-state index in [-0.39, 0.29) is 35.3 Å². The summed E-state index contributed by atoms with van der Waals surface area (Å²) in [5, 5.41) is 10.4. The van der Waals surface area contributed by atoms with Gasteiger partial charge in [0.25, 0.3) is 0 Å². The van der Waals surface area contributed by atoms with Crippen LogP contribution in [0.2, 0.25) is 0 Å². The third-order valence-corrected chi connectivity index (χ3v) is 4.63. The molecule has 1 aliphatic heterocycles. The minimum absolute atomic E-state index is 0. The van der Waals surface area contributed by atoms with Crippen molar-refractivity contribution in [3.05, 3.63) is 35.6 Å². The highest BCUT2D eigenvalue weighted by molar-refractivity contribution is 14.0. The summed E-state index contributed by atoms with van der Waals surface area (Å²) in [7, 11) is 0. The van der Waals surface area contributed by atoms with Crippen LogP contribution in [-0.2, 0) is 6.54 Å². The molecule has 160 valence electrons. The lowest BCUT2D eigenvalue weighted by Crippen LogP contribution is -2.48. The van der Waals surface area contributed by atoms with Crippen LogP contribution < -0.4 is 16.0 Å². The molecule has 1 fully saturated rings. The number of nitrogens with zero attached hydrogens (tertiary/aromatic N) is 2. The van der Waals surface area contributed by atoms with Crippen LogP contribution in [0.25, 0.3) is 0 Å². The molecular weight excluding hydrogens is 468 g/mol. The second-order valence-electron chi connectivity index (χ2n) is 8.26. The number of likely N-dealkylation sites (tertiary alicyclic amines) is 1. The second kappa shape index (κ2) is 12.6. The quantitative estimate of drug-likeness (QED) is 0.230. The zero-order chi connectivity index (χ0) is 19.7. The molecule has 7 heteroatoms. The zero-order valence-corrected chi connectivity index (χ0v) is 20.1. The smallest absolute Gasteiger partial charge is 0.191 e. The number of benzene rings is 1. The fraction of sp³-hybridized carbons (Fsp3) is 0.667. The van der Waals surface area contributed by atoms with Gasteiger partial charge in [0.05, 0.1) is 6.54 Å². The van der Waals surface area contributed by atoms with Crippen LogP contribution in [0.4, 0.5) is 4.39 Å². The van der Waals surface area contributed by atoms with E-state index in [1.807, 2.05) is 12.1 Å². The molecular formula is C21H37FIN5. The van der Waals surface area contributed by atoms with Gasteiger partial charge in [0.15, 0.2) is 5.96 Å². The number of aliphatic imine (C=N–C) groups is 1. The van der Waals surface area contributed by atoms with Crippen molar-refractivity contribution >= 4 is 29.9 Å². The molecule has 1 aromatic rings. The summed E-state index contributed by atoms with van der Waals surface area (Å²) < 4.78 is 13.0. The lowest BCUT2D eigenvalue weighted by Gasteiger charge is -2.33. The lowest BCUT2D eigenvalue weighted by atomic mass is 10.0. The molecule has 0 saturated carbocycles. The topological polar surface area (TPSA) is 51.7 Å². The number of nitrogens with one attached hydrogen (secondary N) is 3. The van der Waals surface area contributed by atoms with E-state index < -0.39 is 0 Å². The molecule has 0 radical (unpaired) electrons. The number of guanidine groups is 1. The van der Waals surface area contributed by atoms with Gasteiger partial charge in [-0.1, -0.05) is 12.1 Å². The van der Waals surface area contributed by atoms with Crippen LogP contribution in [0.1, 0.15) is 46.1 Å². The first-order valence-corrected chi connectivity index (χ1v) is 10.1. The van der Waals surface area contributed by atoms with Crippen LogP contribution in [0, 0.1) is 5.82 Å². The maximum Gasteiger partial charge on any atom is 0.191 e. The monoisotopic (exact) mass is 505 g/mol. The summed E-state index contributed by atoms with van der Waals surface area (Å²) in [4.78, 5) is 7.12. The highest BCUT2D eigenvalue weighted by atomic mass is 127. The van der Waals surface area contributed by atoms with E-state index >= 15 is 0 Å². The molecule has 0 spiro atoms. The van der Waals surface area contributed by atoms with E-state index in [0.717, 1.165) is 58.1 Å². The molecule has 0 bridgehead atoms. The van der Waals surface area contributed by atoms with E-state index in [1.165, 1.54) is 17.7 Å². The van der Waals surface area contributed by atoms with Crippen LogP contribution in [0.5, 0.6) is 0 Å². The van der Waals surface area contributed by atoms with Crippen molar-refractivity contribution in [2.75, 3.05) is 32.7 Å². The summed E-state index contributed by atoms with van der Waals surface area (Å²) in [6, 6.07) is 7.28. The molecule has 1 aromatic carbocycles. The Hall–Kier alpha value is -0.930. The Morgan fingerprint density at radius 2 is 1.82 bits per heavy atom. The summed E-state index contributed by atoms with van der Waals surface area (Å²) in [5.41, 5.74) is 1.29. The number of rotatable bonds is 7. The van der Waals surface area contributed by atoms with E-state index in [0.29, 0.717) is 6.04 Å². The molecule has 1 saturated heterocycles. The summed E-state index contributed by atoms with van der Waals surface area (Å²) in [6.07, 6.45) is 2.18. The SMILES string of the molecule is CCNC(=NCCNC(C)(C)C)NC1CCN(Cc2ccc(F)cc2)CC1.I. The zero-order valence-electron chi connectivity index (χ0n) is 17.7. The number of piperidine rings is 1. The average Bonchev–Trinajstić information content (AvgIpc) is 2.61. The molecule has 5 nitrogen and oxygen atoms in total. The standard InChI is InChI=1S/C21H36FN5.HI/c1-5-23-20(24-12-13-25-21(2,3)4)26-19-10-14-27(15-11-19)16-17-6-8-18(22)9-7-17;/h6-9,19,25H,5,10-16H2,1-4H3,(H2,23,24,26);1H.